The Kier molecular flexibility index (Phi) is 18.8. The van der Waals surface area contributed by atoms with Gasteiger partial charge < -0.3 is 48.9 Å². The van der Waals surface area contributed by atoms with E-state index in [4.69, 9.17) is 67.9 Å². The van der Waals surface area contributed by atoms with Crippen LogP contribution in [0.3, 0.4) is 0 Å². The summed E-state index contributed by atoms with van der Waals surface area (Å²) >= 11 is 3.67. The van der Waals surface area contributed by atoms with Crippen LogP contribution < -0.4 is 9.47 Å². The number of carboxylic acids is 4. The van der Waals surface area contributed by atoms with E-state index < -0.39 is 36.1 Å². The number of thiazole rings is 2. The molecule has 0 bridgehead atoms. The second-order valence-corrected chi connectivity index (χ2v) is 20.5. The lowest BCUT2D eigenvalue weighted by Crippen LogP contribution is -2.45. The predicted molar refractivity (Wildman–Crippen MR) is 281 cm³/mol. The minimum Gasteiger partial charge on any atom is -0.490 e. The van der Waals surface area contributed by atoms with Crippen molar-refractivity contribution in [2.45, 2.75) is 89.5 Å². The lowest BCUT2D eigenvalue weighted by atomic mass is 9.92. The summed E-state index contributed by atoms with van der Waals surface area (Å²) in [5.74, 6) is -4.80. The molecule has 2 fully saturated rings. The van der Waals surface area contributed by atoms with Gasteiger partial charge in [-0.2, -0.15) is 0 Å². The Balaban J connectivity index is 0.000000177. The van der Waals surface area contributed by atoms with Gasteiger partial charge in [0, 0.05) is 37.0 Å². The first kappa shape index (κ1) is 54.8. The Hall–Kier alpha value is -6.94. The van der Waals surface area contributed by atoms with Crippen molar-refractivity contribution < 1.29 is 68.1 Å². The Bertz CT molecular complexity index is 2950. The van der Waals surface area contributed by atoms with E-state index in [0.29, 0.717) is 37.0 Å². The molecule has 10 rings (SSSR count). The molecule has 0 spiro atoms. The van der Waals surface area contributed by atoms with E-state index in [-0.39, 0.29) is 13.2 Å². The Morgan fingerprint density at radius 2 is 0.973 bits per heavy atom. The third kappa shape index (κ3) is 14.2. The second-order valence-electron chi connectivity index (χ2n) is 18.4. The maximum absolute atomic E-state index is 10.6. The Morgan fingerprint density at radius 3 is 1.32 bits per heavy atom. The highest BCUT2D eigenvalue weighted by atomic mass is 32.1. The number of likely N-dealkylation sites (tertiary alicyclic amines) is 2. The largest absolute Gasteiger partial charge is 0.490 e. The van der Waals surface area contributed by atoms with E-state index in [9.17, 15) is 10.2 Å². The summed E-state index contributed by atoms with van der Waals surface area (Å²) in [6.07, 6.45) is 6.54. The number of aliphatic hydroxyl groups excluding tert-OH is 2. The lowest BCUT2D eigenvalue weighted by Gasteiger charge is -2.38. The third-order valence-electron chi connectivity index (χ3n) is 13.0. The molecule has 0 aliphatic carbocycles. The van der Waals surface area contributed by atoms with E-state index in [1.807, 2.05) is 71.2 Å². The average Bonchev–Trinajstić information content (AvgIpc) is 4.22. The van der Waals surface area contributed by atoms with Gasteiger partial charge in [-0.25, -0.2) is 29.1 Å². The van der Waals surface area contributed by atoms with Crippen molar-refractivity contribution in [2.24, 2.45) is 0 Å². The van der Waals surface area contributed by atoms with E-state index >= 15 is 0 Å². The molecule has 8 aromatic rings. The number of carbonyl (C=O) groups is 4. The van der Waals surface area contributed by atoms with Crippen LogP contribution in [-0.4, -0.2) is 138 Å². The summed E-state index contributed by atoms with van der Waals surface area (Å²) in [6, 6.07) is 28.9. The van der Waals surface area contributed by atoms with Crippen molar-refractivity contribution in [1.29, 1.82) is 0 Å². The van der Waals surface area contributed by atoms with Crippen LogP contribution in [-0.2, 0) is 19.2 Å². The zero-order chi connectivity index (χ0) is 53.1. The van der Waals surface area contributed by atoms with Gasteiger partial charge in [0.05, 0.1) is 53.7 Å². The van der Waals surface area contributed by atoms with Crippen LogP contribution in [0.1, 0.15) is 72.5 Å². The number of fused-ring (bicyclic) bond motifs is 4. The predicted octanol–water partition coefficient (Wildman–Crippen LogP) is 9.03. The number of nitrogens with zero attached hydrogens (tertiary/aromatic N) is 4. The summed E-state index contributed by atoms with van der Waals surface area (Å²) in [4.78, 5) is 51.1. The van der Waals surface area contributed by atoms with Crippen LogP contribution in [0, 0.1) is 13.8 Å². The summed E-state index contributed by atoms with van der Waals surface area (Å²) in [5.41, 5.74) is 6.40. The molecule has 4 aromatic heterocycles. The number of benzene rings is 4. The number of hydrogen-bond acceptors (Lipinski definition) is 16. The number of aryl methyl sites for hydroxylation is 2. The van der Waals surface area contributed by atoms with Gasteiger partial charge in [-0.15, -0.1) is 22.7 Å². The molecule has 2 saturated heterocycles. The maximum Gasteiger partial charge on any atom is 0.414 e. The number of carboxylic acid groups (broad SMARTS) is 4. The molecule has 0 radical (unpaired) electrons. The van der Waals surface area contributed by atoms with Gasteiger partial charge in [-0.1, -0.05) is 36.4 Å². The normalized spacial score (nSPS) is 18.8. The maximum atomic E-state index is 10.6. The molecule has 0 saturated carbocycles. The minimum atomic E-state index is -1.82. The summed E-state index contributed by atoms with van der Waals surface area (Å²) in [6.45, 7) is 12.5. The van der Waals surface area contributed by atoms with Crippen molar-refractivity contribution in [2.75, 3.05) is 39.4 Å². The molecule has 6 atom stereocenters. The van der Waals surface area contributed by atoms with Crippen LogP contribution >= 0.6 is 22.7 Å². The first-order valence-electron chi connectivity index (χ1n) is 24.1. The van der Waals surface area contributed by atoms with Crippen molar-refractivity contribution in [3.63, 3.8) is 0 Å². The highest BCUT2D eigenvalue weighted by molar-refractivity contribution is 7.19. The second kappa shape index (κ2) is 25.3. The number of aromatic nitrogens is 2. The highest BCUT2D eigenvalue weighted by Gasteiger charge is 2.31. The van der Waals surface area contributed by atoms with Gasteiger partial charge in [0.1, 0.15) is 48.1 Å². The molecule has 20 heteroatoms. The Morgan fingerprint density at radius 1 is 0.595 bits per heavy atom. The third-order valence-corrected chi connectivity index (χ3v) is 15.4. The van der Waals surface area contributed by atoms with Gasteiger partial charge in [-0.3, -0.25) is 9.80 Å². The molecule has 392 valence electrons. The fourth-order valence-electron chi connectivity index (χ4n) is 9.19. The van der Waals surface area contributed by atoms with E-state index in [0.717, 1.165) is 83.2 Å². The quantitative estimate of drug-likeness (QED) is 0.0623. The van der Waals surface area contributed by atoms with Gasteiger partial charge in [0.25, 0.3) is 0 Å². The van der Waals surface area contributed by atoms with Gasteiger partial charge >= 0.3 is 23.9 Å². The number of β-amino-alcohol motifs (C(OH)–C–C–N with tert-alkyl or cyclic N) is 2. The summed E-state index contributed by atoms with van der Waals surface area (Å²) in [5, 5.41) is 55.2. The van der Waals surface area contributed by atoms with Crippen molar-refractivity contribution in [1.82, 2.24) is 19.8 Å². The highest BCUT2D eigenvalue weighted by Crippen LogP contribution is 2.39. The van der Waals surface area contributed by atoms with Crippen LogP contribution in [0.2, 0.25) is 0 Å². The zero-order valence-corrected chi connectivity index (χ0v) is 43.0. The van der Waals surface area contributed by atoms with Crippen LogP contribution in [0.5, 0.6) is 11.5 Å². The fourth-order valence-corrected chi connectivity index (χ4v) is 11.6. The average molecular weight is 1050 g/mol. The lowest BCUT2D eigenvalue weighted by molar-refractivity contribution is -0.159. The summed E-state index contributed by atoms with van der Waals surface area (Å²) < 4.78 is 25.2. The van der Waals surface area contributed by atoms with Gasteiger partial charge in [0.15, 0.2) is 0 Å². The van der Waals surface area contributed by atoms with Crippen molar-refractivity contribution in [3.8, 4) is 11.5 Å². The zero-order valence-electron chi connectivity index (χ0n) is 41.3. The van der Waals surface area contributed by atoms with E-state index in [1.165, 1.54) is 30.5 Å². The topological polar surface area (TPSA) is 267 Å². The molecule has 74 heavy (non-hydrogen) atoms. The first-order valence-corrected chi connectivity index (χ1v) is 25.8. The fraction of sp³-hybridized carbons (Fsp3) is 0.370. The number of aliphatic hydroxyl groups is 2. The smallest absolute Gasteiger partial charge is 0.414 e. The molecule has 2 aliphatic heterocycles. The number of hydrogen-bond donors (Lipinski definition) is 6. The molecular weight excluding hydrogens is 993 g/mol. The minimum absolute atomic E-state index is 0.272. The molecule has 6 heterocycles. The molecular formula is C54H60N4O14S2. The van der Waals surface area contributed by atoms with Crippen LogP contribution in [0.15, 0.2) is 106 Å². The molecule has 4 aromatic carbocycles. The first-order chi connectivity index (χ1) is 35.4. The molecule has 2 aliphatic rings. The number of ether oxygens (including phenoxy) is 2. The van der Waals surface area contributed by atoms with E-state index in [2.05, 4.69) is 73.9 Å². The van der Waals surface area contributed by atoms with Crippen LogP contribution in [0.25, 0.3) is 42.4 Å². The van der Waals surface area contributed by atoms with Crippen molar-refractivity contribution >= 4 is 88.9 Å². The SMILES string of the molecule is Cc1cccc2sc([C@@H]3CCN(C[C@H](O)COc4cccc5occc45)[C@H](C)C3)nc12.Cc1cccc2sc([C@H]3CCN(C[C@H](O)COc4cccc5occc45)[C@@H](C)C3)nc12.O=C(O)C(=O)O.O=C(O)C(=O)O. The molecule has 6 N–H and O–H groups in total. The molecule has 0 amide bonds. The van der Waals surface area contributed by atoms with Crippen molar-refractivity contribution in [3.05, 3.63) is 119 Å². The monoisotopic (exact) mass is 1050 g/mol. The Labute approximate surface area is 434 Å². The molecule has 0 unspecified atom stereocenters. The van der Waals surface area contributed by atoms with E-state index in [1.54, 1.807) is 12.5 Å². The standard InChI is InChI=1S/2C25H28N2O3S.2C2H2O4/c2*1-16-5-3-8-23-24(16)26-25(31-23)18-9-11-27(17(2)13-18)14-19(28)15-30-22-7-4-6-21-20(22)10-12-29-21;2*3-1(4)2(5)6/h2*3-8,10,12,17-19,28H,9,11,13-15H2,1-2H3;2*(H,3,4)(H,5,6)/t17-,18-,19+;17-,18-,19-;;/m10../s1. The number of piperidine rings is 2. The van der Waals surface area contributed by atoms with Crippen LogP contribution in [0.4, 0.5) is 0 Å². The molecule has 18 nitrogen and oxygen atoms in total. The number of rotatable bonds is 12. The number of furan rings is 2. The number of aliphatic carboxylic acids is 4. The number of para-hydroxylation sites is 2. The van der Waals surface area contributed by atoms with Gasteiger partial charge in [-0.05, 0) is 126 Å². The summed E-state index contributed by atoms with van der Waals surface area (Å²) in [7, 11) is 0. The van der Waals surface area contributed by atoms with Gasteiger partial charge in [0.2, 0.25) is 0 Å².